The summed E-state index contributed by atoms with van der Waals surface area (Å²) in [6.07, 6.45) is 2.82. The molecular formula is C12H19NO2. The summed E-state index contributed by atoms with van der Waals surface area (Å²) in [6, 6.07) is 0. The zero-order valence-corrected chi connectivity index (χ0v) is 9.87. The van der Waals surface area contributed by atoms with E-state index < -0.39 is 0 Å². The van der Waals surface area contributed by atoms with Crippen LogP contribution in [0.2, 0.25) is 0 Å². The number of pyridine rings is 1. The van der Waals surface area contributed by atoms with E-state index in [9.17, 15) is 5.11 Å². The second-order valence-corrected chi connectivity index (χ2v) is 3.81. The van der Waals surface area contributed by atoms with Gasteiger partial charge in [0, 0.05) is 29.4 Å². The fraction of sp³-hybridized carbons (Fsp3) is 0.583. The number of hydrogen-bond donors (Lipinski definition) is 1. The van der Waals surface area contributed by atoms with Gasteiger partial charge >= 0.3 is 0 Å². The Hall–Kier alpha value is -1.09. The van der Waals surface area contributed by atoms with E-state index in [1.807, 2.05) is 20.8 Å². The molecule has 0 saturated heterocycles. The average Bonchev–Trinajstić information content (AvgIpc) is 2.23. The standard InChI is InChI=1S/C12H19NO2/c1-5-10(14)6-11-9(3)12(15-4)8(2)7-13-11/h7,10,14H,5-6H2,1-4H3. The lowest BCUT2D eigenvalue weighted by molar-refractivity contribution is 0.169. The maximum atomic E-state index is 9.59. The first kappa shape index (κ1) is 12.0. The van der Waals surface area contributed by atoms with Crippen LogP contribution in [0.25, 0.3) is 0 Å². The van der Waals surface area contributed by atoms with Crippen molar-refractivity contribution in [1.29, 1.82) is 0 Å². The minimum atomic E-state index is -0.316. The van der Waals surface area contributed by atoms with Gasteiger partial charge in [0.05, 0.1) is 13.2 Å². The number of aliphatic hydroxyl groups excluding tert-OH is 1. The van der Waals surface area contributed by atoms with E-state index in [-0.39, 0.29) is 6.10 Å². The van der Waals surface area contributed by atoms with Crippen LogP contribution < -0.4 is 4.74 Å². The Morgan fingerprint density at radius 2 is 2.13 bits per heavy atom. The fourth-order valence-corrected chi connectivity index (χ4v) is 1.64. The number of hydrogen-bond acceptors (Lipinski definition) is 3. The van der Waals surface area contributed by atoms with Crippen LogP contribution in [0.15, 0.2) is 6.20 Å². The van der Waals surface area contributed by atoms with Gasteiger partial charge in [-0.3, -0.25) is 4.98 Å². The van der Waals surface area contributed by atoms with Gasteiger partial charge in [-0.05, 0) is 20.3 Å². The minimum Gasteiger partial charge on any atom is -0.496 e. The summed E-state index contributed by atoms with van der Waals surface area (Å²) >= 11 is 0. The number of rotatable bonds is 4. The predicted molar refractivity (Wildman–Crippen MR) is 60.3 cm³/mol. The molecule has 1 aromatic heterocycles. The van der Waals surface area contributed by atoms with E-state index in [0.29, 0.717) is 6.42 Å². The molecule has 0 spiro atoms. The first-order valence-electron chi connectivity index (χ1n) is 5.27. The molecule has 0 aliphatic carbocycles. The first-order chi connectivity index (χ1) is 7.10. The fourth-order valence-electron chi connectivity index (χ4n) is 1.64. The van der Waals surface area contributed by atoms with Crippen molar-refractivity contribution in [2.75, 3.05) is 7.11 Å². The summed E-state index contributed by atoms with van der Waals surface area (Å²) in [5.74, 6) is 0.878. The lowest BCUT2D eigenvalue weighted by atomic mass is 10.0. The SMILES string of the molecule is CCC(O)Cc1ncc(C)c(OC)c1C. The Kier molecular flexibility index (Phi) is 4.09. The molecule has 0 fully saturated rings. The maximum absolute atomic E-state index is 9.59. The van der Waals surface area contributed by atoms with Crippen LogP contribution >= 0.6 is 0 Å². The summed E-state index contributed by atoms with van der Waals surface area (Å²) < 4.78 is 5.31. The van der Waals surface area contributed by atoms with Crippen LogP contribution in [-0.4, -0.2) is 23.3 Å². The molecule has 1 unspecified atom stereocenters. The molecule has 0 saturated carbocycles. The van der Waals surface area contributed by atoms with E-state index in [1.54, 1.807) is 13.3 Å². The summed E-state index contributed by atoms with van der Waals surface area (Å²) in [5, 5.41) is 9.59. The molecule has 1 N–H and O–H groups in total. The minimum absolute atomic E-state index is 0.316. The van der Waals surface area contributed by atoms with E-state index >= 15 is 0 Å². The second-order valence-electron chi connectivity index (χ2n) is 3.81. The number of ether oxygens (including phenoxy) is 1. The zero-order chi connectivity index (χ0) is 11.4. The van der Waals surface area contributed by atoms with Gasteiger partial charge in [-0.2, -0.15) is 0 Å². The van der Waals surface area contributed by atoms with E-state index in [2.05, 4.69) is 4.98 Å². The van der Waals surface area contributed by atoms with Gasteiger partial charge in [-0.1, -0.05) is 6.92 Å². The normalized spacial score (nSPS) is 12.6. The van der Waals surface area contributed by atoms with Gasteiger partial charge in [0.1, 0.15) is 5.75 Å². The van der Waals surface area contributed by atoms with Crippen LogP contribution in [-0.2, 0) is 6.42 Å². The van der Waals surface area contributed by atoms with Gasteiger partial charge in [-0.15, -0.1) is 0 Å². The van der Waals surface area contributed by atoms with Crippen molar-refractivity contribution >= 4 is 0 Å². The molecule has 1 heterocycles. The highest BCUT2D eigenvalue weighted by Crippen LogP contribution is 2.24. The van der Waals surface area contributed by atoms with Crippen LogP contribution in [0.4, 0.5) is 0 Å². The highest BCUT2D eigenvalue weighted by atomic mass is 16.5. The number of methoxy groups -OCH3 is 1. The van der Waals surface area contributed by atoms with Gasteiger partial charge in [-0.25, -0.2) is 0 Å². The van der Waals surface area contributed by atoms with E-state index in [0.717, 1.165) is 29.0 Å². The molecule has 84 valence electrons. The van der Waals surface area contributed by atoms with Crippen LogP contribution in [0.5, 0.6) is 5.75 Å². The molecule has 0 amide bonds. The smallest absolute Gasteiger partial charge is 0.128 e. The summed E-state index contributed by atoms with van der Waals surface area (Å²) in [5.41, 5.74) is 2.99. The molecule has 1 rings (SSSR count). The van der Waals surface area contributed by atoms with E-state index in [4.69, 9.17) is 4.74 Å². The van der Waals surface area contributed by atoms with Gasteiger partial charge in [0.15, 0.2) is 0 Å². The Morgan fingerprint density at radius 1 is 1.47 bits per heavy atom. The lowest BCUT2D eigenvalue weighted by Gasteiger charge is -2.14. The number of nitrogens with zero attached hydrogens (tertiary/aromatic N) is 1. The van der Waals surface area contributed by atoms with Gasteiger partial charge in [0.25, 0.3) is 0 Å². The van der Waals surface area contributed by atoms with Crippen LogP contribution in [0.1, 0.15) is 30.2 Å². The van der Waals surface area contributed by atoms with Crippen molar-refractivity contribution in [3.8, 4) is 5.75 Å². The zero-order valence-electron chi connectivity index (χ0n) is 9.87. The second kappa shape index (κ2) is 5.12. The molecule has 3 nitrogen and oxygen atoms in total. The molecule has 3 heteroatoms. The van der Waals surface area contributed by atoms with Crippen molar-refractivity contribution in [2.45, 2.75) is 39.7 Å². The Labute approximate surface area is 91.1 Å². The predicted octanol–water partition coefficient (Wildman–Crippen LogP) is 2.02. The number of aromatic nitrogens is 1. The Bertz CT molecular complexity index is 337. The lowest BCUT2D eigenvalue weighted by Crippen LogP contribution is -2.11. The van der Waals surface area contributed by atoms with Gasteiger partial charge in [0.2, 0.25) is 0 Å². The third-order valence-electron chi connectivity index (χ3n) is 2.65. The van der Waals surface area contributed by atoms with Crippen molar-refractivity contribution in [2.24, 2.45) is 0 Å². The Balaban J connectivity index is 2.99. The first-order valence-corrected chi connectivity index (χ1v) is 5.27. The molecular weight excluding hydrogens is 190 g/mol. The van der Waals surface area contributed by atoms with Crippen molar-refractivity contribution < 1.29 is 9.84 Å². The van der Waals surface area contributed by atoms with Crippen LogP contribution in [0.3, 0.4) is 0 Å². The topological polar surface area (TPSA) is 42.4 Å². The summed E-state index contributed by atoms with van der Waals surface area (Å²) in [6.45, 7) is 5.92. The number of aliphatic hydroxyl groups is 1. The molecule has 15 heavy (non-hydrogen) atoms. The third-order valence-corrected chi connectivity index (χ3v) is 2.65. The third kappa shape index (κ3) is 2.69. The highest BCUT2D eigenvalue weighted by molar-refractivity contribution is 5.41. The molecule has 0 bridgehead atoms. The van der Waals surface area contributed by atoms with Crippen molar-refractivity contribution in [1.82, 2.24) is 4.98 Å². The molecule has 0 aromatic carbocycles. The van der Waals surface area contributed by atoms with Crippen molar-refractivity contribution in [3.63, 3.8) is 0 Å². The summed E-state index contributed by atoms with van der Waals surface area (Å²) in [7, 11) is 1.66. The van der Waals surface area contributed by atoms with Gasteiger partial charge < -0.3 is 9.84 Å². The Morgan fingerprint density at radius 3 is 2.67 bits per heavy atom. The monoisotopic (exact) mass is 209 g/mol. The molecule has 0 radical (unpaired) electrons. The van der Waals surface area contributed by atoms with Crippen LogP contribution in [0, 0.1) is 13.8 Å². The summed E-state index contributed by atoms with van der Waals surface area (Å²) in [4.78, 5) is 4.33. The average molecular weight is 209 g/mol. The molecule has 0 aliphatic heterocycles. The molecule has 0 aliphatic rings. The highest BCUT2D eigenvalue weighted by Gasteiger charge is 2.12. The molecule has 1 atom stereocenters. The largest absolute Gasteiger partial charge is 0.496 e. The van der Waals surface area contributed by atoms with E-state index in [1.165, 1.54) is 0 Å². The number of aryl methyl sites for hydroxylation is 1. The molecule has 1 aromatic rings. The maximum Gasteiger partial charge on any atom is 0.128 e. The quantitative estimate of drug-likeness (QED) is 0.825. The van der Waals surface area contributed by atoms with Crippen molar-refractivity contribution in [3.05, 3.63) is 23.0 Å².